The van der Waals surface area contributed by atoms with Crippen LogP contribution in [0.15, 0.2) is 28.7 Å². The largest absolute Gasteiger partial charge is 0.342 e. The molecule has 0 fully saturated rings. The highest BCUT2D eigenvalue weighted by molar-refractivity contribution is 9.10. The molecule has 2 amide bonds. The zero-order chi connectivity index (χ0) is 18.2. The van der Waals surface area contributed by atoms with E-state index in [0.717, 1.165) is 21.5 Å². The number of hydrogen-bond donors (Lipinski definition) is 1. The molecule has 1 N–H and O–H groups in total. The number of rotatable bonds is 8. The summed E-state index contributed by atoms with van der Waals surface area (Å²) in [6, 6.07) is 7.75. The fourth-order valence-electron chi connectivity index (χ4n) is 2.28. The summed E-state index contributed by atoms with van der Waals surface area (Å²) in [6.07, 6.45) is 1.57. The van der Waals surface area contributed by atoms with E-state index in [1.54, 1.807) is 4.90 Å². The zero-order valence-electron chi connectivity index (χ0n) is 14.3. The van der Waals surface area contributed by atoms with E-state index in [-0.39, 0.29) is 18.2 Å². The third kappa shape index (κ3) is 5.89. The van der Waals surface area contributed by atoms with Crippen LogP contribution in [0.25, 0.3) is 10.6 Å². The van der Waals surface area contributed by atoms with Crippen LogP contribution < -0.4 is 5.32 Å². The van der Waals surface area contributed by atoms with E-state index in [1.807, 2.05) is 38.1 Å². The Kier molecular flexibility index (Phi) is 7.52. The zero-order valence-corrected chi connectivity index (χ0v) is 16.7. The fourth-order valence-corrected chi connectivity index (χ4v) is 3.44. The van der Waals surface area contributed by atoms with E-state index in [2.05, 4.69) is 31.4 Å². The van der Waals surface area contributed by atoms with Crippen molar-refractivity contribution >= 4 is 44.2 Å². The molecule has 0 spiro atoms. The Morgan fingerprint density at radius 1 is 1.24 bits per heavy atom. The average molecular weight is 425 g/mol. The molecule has 0 atom stereocenters. The summed E-state index contributed by atoms with van der Waals surface area (Å²) in [5, 5.41) is 12.1. The number of carbonyl (C=O) groups is 2. The van der Waals surface area contributed by atoms with Gasteiger partial charge in [-0.2, -0.15) is 0 Å². The van der Waals surface area contributed by atoms with Gasteiger partial charge < -0.3 is 10.2 Å². The highest BCUT2D eigenvalue weighted by Crippen LogP contribution is 2.28. The molecule has 0 saturated heterocycles. The van der Waals surface area contributed by atoms with E-state index in [1.165, 1.54) is 11.3 Å². The first-order chi connectivity index (χ1) is 12.0. The molecule has 1 heterocycles. The van der Waals surface area contributed by atoms with Crippen LogP contribution in [0.3, 0.4) is 0 Å². The van der Waals surface area contributed by atoms with Gasteiger partial charge >= 0.3 is 0 Å². The van der Waals surface area contributed by atoms with Crippen LogP contribution in [0.4, 0.5) is 5.13 Å². The fraction of sp³-hybridized carbons (Fsp3) is 0.412. The van der Waals surface area contributed by atoms with Gasteiger partial charge in [0.15, 0.2) is 0 Å². The molecule has 0 aliphatic heterocycles. The van der Waals surface area contributed by atoms with Crippen molar-refractivity contribution in [2.24, 2.45) is 0 Å². The molecule has 2 rings (SSSR count). The van der Waals surface area contributed by atoms with E-state index in [9.17, 15) is 9.59 Å². The molecule has 6 nitrogen and oxygen atoms in total. The monoisotopic (exact) mass is 424 g/mol. The van der Waals surface area contributed by atoms with Crippen molar-refractivity contribution in [2.45, 2.75) is 33.1 Å². The smallest absolute Gasteiger partial charge is 0.227 e. The number of aromatic nitrogens is 2. The molecule has 0 radical (unpaired) electrons. The number of anilines is 1. The molecule has 0 saturated carbocycles. The summed E-state index contributed by atoms with van der Waals surface area (Å²) < 4.78 is 0.961. The van der Waals surface area contributed by atoms with Gasteiger partial charge in [-0.3, -0.25) is 9.59 Å². The predicted molar refractivity (Wildman–Crippen MR) is 103 cm³/mol. The molecule has 0 bridgehead atoms. The van der Waals surface area contributed by atoms with Gasteiger partial charge in [0.1, 0.15) is 5.01 Å². The topological polar surface area (TPSA) is 75.2 Å². The van der Waals surface area contributed by atoms with Gasteiger partial charge in [0.2, 0.25) is 16.9 Å². The van der Waals surface area contributed by atoms with Gasteiger partial charge in [-0.15, -0.1) is 10.2 Å². The number of halogens is 1. The lowest BCUT2D eigenvalue weighted by atomic mass is 10.2. The Hall–Kier alpha value is -1.80. The highest BCUT2D eigenvalue weighted by atomic mass is 79.9. The summed E-state index contributed by atoms with van der Waals surface area (Å²) in [4.78, 5) is 25.7. The standard InChI is InChI=1S/C17H21BrN4O2S/c1-3-9-22(15(24)4-2)10-8-14(23)19-17-21-20-16(25-17)12-6-5-7-13(18)11-12/h5-7,11H,3-4,8-10H2,1-2H3,(H,19,21,23). The molecular formula is C17H21BrN4O2S. The van der Waals surface area contributed by atoms with Crippen LogP contribution in [0.5, 0.6) is 0 Å². The first-order valence-corrected chi connectivity index (χ1v) is 9.81. The maximum atomic E-state index is 12.1. The second-order valence-corrected chi connectivity index (χ2v) is 7.35. The minimum Gasteiger partial charge on any atom is -0.342 e. The minimum absolute atomic E-state index is 0.0718. The van der Waals surface area contributed by atoms with Gasteiger partial charge in [0.05, 0.1) is 0 Å². The lowest BCUT2D eigenvalue weighted by molar-refractivity contribution is -0.131. The molecule has 1 aromatic carbocycles. The molecule has 0 aliphatic carbocycles. The Labute approximate surface area is 159 Å². The van der Waals surface area contributed by atoms with Gasteiger partial charge in [-0.25, -0.2) is 0 Å². The van der Waals surface area contributed by atoms with Crippen molar-refractivity contribution in [1.29, 1.82) is 0 Å². The summed E-state index contributed by atoms with van der Waals surface area (Å²) in [5.74, 6) is -0.0931. The molecule has 25 heavy (non-hydrogen) atoms. The van der Waals surface area contributed by atoms with E-state index in [0.29, 0.717) is 24.6 Å². The lowest BCUT2D eigenvalue weighted by Crippen LogP contribution is -2.33. The Balaban J connectivity index is 1.91. The second kappa shape index (κ2) is 9.62. The molecule has 134 valence electrons. The van der Waals surface area contributed by atoms with E-state index >= 15 is 0 Å². The normalized spacial score (nSPS) is 10.5. The minimum atomic E-state index is -0.165. The number of nitrogens with zero attached hydrogens (tertiary/aromatic N) is 3. The average Bonchev–Trinajstić information content (AvgIpc) is 3.06. The number of benzene rings is 1. The van der Waals surface area contributed by atoms with Crippen molar-refractivity contribution in [3.63, 3.8) is 0 Å². The molecule has 1 aromatic heterocycles. The summed E-state index contributed by atoms with van der Waals surface area (Å²) in [6.45, 7) is 4.94. The van der Waals surface area contributed by atoms with Crippen LogP contribution in [-0.2, 0) is 9.59 Å². The molecule has 2 aromatic rings. The number of hydrogen-bond acceptors (Lipinski definition) is 5. The first kappa shape index (κ1) is 19.5. The van der Waals surface area contributed by atoms with Gasteiger partial charge in [-0.05, 0) is 18.6 Å². The van der Waals surface area contributed by atoms with Crippen LogP contribution in [0, 0.1) is 0 Å². The second-order valence-electron chi connectivity index (χ2n) is 5.46. The Bertz CT molecular complexity index is 735. The summed E-state index contributed by atoms with van der Waals surface area (Å²) in [5.41, 5.74) is 0.940. The summed E-state index contributed by atoms with van der Waals surface area (Å²) in [7, 11) is 0. The van der Waals surface area contributed by atoms with Crippen molar-refractivity contribution in [2.75, 3.05) is 18.4 Å². The highest BCUT2D eigenvalue weighted by Gasteiger charge is 2.14. The molecule has 0 unspecified atom stereocenters. The van der Waals surface area contributed by atoms with Crippen molar-refractivity contribution < 1.29 is 9.59 Å². The van der Waals surface area contributed by atoms with Crippen LogP contribution in [0.1, 0.15) is 33.1 Å². The van der Waals surface area contributed by atoms with Crippen molar-refractivity contribution in [1.82, 2.24) is 15.1 Å². The maximum absolute atomic E-state index is 12.1. The molecule has 0 aliphatic rings. The maximum Gasteiger partial charge on any atom is 0.227 e. The number of amides is 2. The SMILES string of the molecule is CCCN(CCC(=O)Nc1nnc(-c2cccc(Br)c2)s1)C(=O)CC. The first-order valence-electron chi connectivity index (χ1n) is 8.20. The van der Waals surface area contributed by atoms with E-state index in [4.69, 9.17) is 0 Å². The molecule has 8 heteroatoms. The van der Waals surface area contributed by atoms with E-state index < -0.39 is 0 Å². The quantitative estimate of drug-likeness (QED) is 0.695. The third-order valence-corrected chi connectivity index (χ3v) is 4.88. The Morgan fingerprint density at radius 2 is 2.04 bits per heavy atom. The van der Waals surface area contributed by atoms with Gasteiger partial charge in [-0.1, -0.05) is 53.2 Å². The van der Waals surface area contributed by atoms with Gasteiger partial charge in [0.25, 0.3) is 0 Å². The summed E-state index contributed by atoms with van der Waals surface area (Å²) >= 11 is 4.75. The van der Waals surface area contributed by atoms with Gasteiger partial charge in [0, 0.05) is 36.0 Å². The number of carbonyl (C=O) groups excluding carboxylic acids is 2. The van der Waals surface area contributed by atoms with Crippen LogP contribution in [-0.4, -0.2) is 40.0 Å². The predicted octanol–water partition coefficient (Wildman–Crippen LogP) is 3.94. The lowest BCUT2D eigenvalue weighted by Gasteiger charge is -2.21. The van der Waals surface area contributed by atoms with Crippen molar-refractivity contribution in [3.8, 4) is 10.6 Å². The van der Waals surface area contributed by atoms with Crippen molar-refractivity contribution in [3.05, 3.63) is 28.7 Å². The number of nitrogens with one attached hydrogen (secondary N) is 1. The third-order valence-electron chi connectivity index (χ3n) is 3.50. The van der Waals surface area contributed by atoms with Crippen LogP contribution >= 0.6 is 27.3 Å². The Morgan fingerprint density at radius 3 is 2.72 bits per heavy atom. The molecular weight excluding hydrogens is 404 g/mol. The van der Waals surface area contributed by atoms with Crippen LogP contribution in [0.2, 0.25) is 0 Å².